The van der Waals surface area contributed by atoms with Gasteiger partial charge in [-0.3, -0.25) is 38.6 Å². The number of carbonyl (C=O) groups excluding carboxylic acids is 6. The highest BCUT2D eigenvalue weighted by Crippen LogP contribution is 2.29. The van der Waals surface area contributed by atoms with Gasteiger partial charge in [0.2, 0.25) is 11.8 Å². The van der Waals surface area contributed by atoms with E-state index in [1.165, 1.54) is 0 Å². The molecule has 0 bridgehead atoms. The molecule has 6 amide bonds. The van der Waals surface area contributed by atoms with Crippen LogP contribution in [0.15, 0.2) is 48.5 Å². The minimum Gasteiger partial charge on any atom is -0.378 e. The Hall–Kier alpha value is -4.42. The van der Waals surface area contributed by atoms with Crippen LogP contribution in [0, 0.1) is 0 Å². The molecule has 2 aromatic rings. The molecular weight excluding hydrogens is 616 g/mol. The summed E-state index contributed by atoms with van der Waals surface area (Å²) in [5.74, 6) is -2.52. The maximum atomic E-state index is 14.0. The summed E-state index contributed by atoms with van der Waals surface area (Å²) in [6.07, 6.45) is 3.61. The lowest BCUT2D eigenvalue weighted by Gasteiger charge is -2.33. The van der Waals surface area contributed by atoms with Gasteiger partial charge in [0.25, 0.3) is 23.6 Å². The SMILES string of the molecule is CCCC[C@@H](C(=O)N1CCOCCN(C(=O)[C@H](CCCC)N2C(=O)c3ccccc3C2=O)CCOCC1)N1C(=O)c2ccccc2C1=O. The third kappa shape index (κ3) is 7.19. The molecular formula is C36H44N4O8. The van der Waals surface area contributed by atoms with Gasteiger partial charge in [0, 0.05) is 26.2 Å². The molecule has 0 aliphatic carbocycles. The summed E-state index contributed by atoms with van der Waals surface area (Å²) in [4.78, 5) is 86.5. The molecule has 0 spiro atoms. The zero-order valence-corrected chi connectivity index (χ0v) is 27.7. The predicted octanol–water partition coefficient (Wildman–Crippen LogP) is 3.40. The average Bonchev–Trinajstić information content (AvgIpc) is 3.49. The van der Waals surface area contributed by atoms with Crippen molar-refractivity contribution in [1.82, 2.24) is 19.6 Å². The van der Waals surface area contributed by atoms with Gasteiger partial charge in [0.15, 0.2) is 0 Å². The number of hydrogen-bond donors (Lipinski definition) is 0. The van der Waals surface area contributed by atoms with Crippen molar-refractivity contribution in [2.45, 2.75) is 64.5 Å². The molecule has 12 nitrogen and oxygen atoms in total. The molecule has 0 N–H and O–H groups in total. The summed E-state index contributed by atoms with van der Waals surface area (Å²) in [5, 5.41) is 0. The molecule has 3 aliphatic rings. The van der Waals surface area contributed by atoms with Gasteiger partial charge in [-0.25, -0.2) is 0 Å². The van der Waals surface area contributed by atoms with Crippen molar-refractivity contribution < 1.29 is 38.2 Å². The number of carbonyl (C=O) groups is 6. The number of benzene rings is 2. The third-order valence-electron chi connectivity index (χ3n) is 9.15. The van der Waals surface area contributed by atoms with Crippen LogP contribution < -0.4 is 0 Å². The Balaban J connectivity index is 1.24. The topological polar surface area (TPSA) is 134 Å². The highest BCUT2D eigenvalue weighted by molar-refractivity contribution is 6.23. The Labute approximate surface area is 280 Å². The Morgan fingerprint density at radius 1 is 0.562 bits per heavy atom. The largest absolute Gasteiger partial charge is 0.378 e. The lowest BCUT2D eigenvalue weighted by atomic mass is 10.1. The summed E-state index contributed by atoms with van der Waals surface area (Å²) in [7, 11) is 0. The summed E-state index contributed by atoms with van der Waals surface area (Å²) < 4.78 is 11.8. The lowest BCUT2D eigenvalue weighted by Crippen LogP contribution is -2.53. The van der Waals surface area contributed by atoms with Crippen molar-refractivity contribution in [1.29, 1.82) is 0 Å². The van der Waals surface area contributed by atoms with Crippen LogP contribution in [0.1, 0.15) is 93.8 Å². The average molecular weight is 661 g/mol. The van der Waals surface area contributed by atoms with Crippen LogP contribution in [-0.2, 0) is 19.1 Å². The van der Waals surface area contributed by atoms with Crippen molar-refractivity contribution in [3.05, 3.63) is 70.8 Å². The van der Waals surface area contributed by atoms with E-state index in [1.54, 1.807) is 58.3 Å². The van der Waals surface area contributed by atoms with Gasteiger partial charge in [-0.1, -0.05) is 63.8 Å². The third-order valence-corrected chi connectivity index (χ3v) is 9.15. The number of ether oxygens (including phenoxy) is 2. The first-order valence-electron chi connectivity index (χ1n) is 17.0. The molecule has 0 aromatic heterocycles. The molecule has 2 aromatic carbocycles. The lowest BCUT2D eigenvalue weighted by molar-refractivity contribution is -0.139. The molecule has 1 saturated heterocycles. The maximum Gasteiger partial charge on any atom is 0.262 e. The van der Waals surface area contributed by atoms with E-state index in [4.69, 9.17) is 9.47 Å². The zero-order valence-electron chi connectivity index (χ0n) is 27.7. The maximum absolute atomic E-state index is 14.0. The number of amides is 6. The first kappa shape index (κ1) is 34.9. The van der Waals surface area contributed by atoms with Crippen LogP contribution in [0.3, 0.4) is 0 Å². The standard InChI is InChI=1S/C36H44N4O8/c1-3-5-15-29(39-31(41)25-11-7-8-12-26(25)32(39)42)35(45)37-17-21-47-23-19-38(20-24-48-22-18-37)36(46)30(16-6-4-2)40-33(43)27-13-9-10-14-28(27)34(40)44/h7-14,29-30H,3-6,15-24H2,1-2H3/t29-,30-/m0/s1. The molecule has 256 valence electrons. The van der Waals surface area contributed by atoms with Gasteiger partial charge in [-0.05, 0) is 37.1 Å². The molecule has 2 atom stereocenters. The fourth-order valence-electron chi connectivity index (χ4n) is 6.49. The number of imide groups is 2. The van der Waals surface area contributed by atoms with Gasteiger partial charge in [0.05, 0.1) is 48.7 Å². The number of rotatable bonds is 10. The second-order valence-electron chi connectivity index (χ2n) is 12.2. The predicted molar refractivity (Wildman–Crippen MR) is 175 cm³/mol. The van der Waals surface area contributed by atoms with E-state index in [0.717, 1.165) is 22.6 Å². The first-order valence-corrected chi connectivity index (χ1v) is 17.0. The van der Waals surface area contributed by atoms with Crippen LogP contribution in [0.25, 0.3) is 0 Å². The van der Waals surface area contributed by atoms with E-state index in [0.29, 0.717) is 47.9 Å². The molecule has 3 heterocycles. The Morgan fingerprint density at radius 2 is 0.854 bits per heavy atom. The highest BCUT2D eigenvalue weighted by Gasteiger charge is 2.45. The van der Waals surface area contributed by atoms with Crippen LogP contribution in [-0.4, -0.2) is 120 Å². The molecule has 0 radical (unpaired) electrons. The molecule has 0 unspecified atom stereocenters. The molecule has 1 fully saturated rings. The summed E-state index contributed by atoms with van der Waals surface area (Å²) in [6.45, 7) is 5.44. The molecule has 48 heavy (non-hydrogen) atoms. The number of unbranched alkanes of at least 4 members (excludes halogenated alkanes) is 2. The van der Waals surface area contributed by atoms with Crippen molar-refractivity contribution >= 4 is 35.4 Å². The first-order chi connectivity index (χ1) is 23.3. The molecule has 5 rings (SSSR count). The van der Waals surface area contributed by atoms with E-state index in [1.807, 2.05) is 13.8 Å². The molecule has 12 heteroatoms. The molecule has 0 saturated carbocycles. The minimum absolute atomic E-state index is 0.161. The molecule has 3 aliphatic heterocycles. The van der Waals surface area contributed by atoms with E-state index >= 15 is 0 Å². The summed E-state index contributed by atoms with van der Waals surface area (Å²) in [6, 6.07) is 11.3. The summed E-state index contributed by atoms with van der Waals surface area (Å²) >= 11 is 0. The normalized spacial score (nSPS) is 18.7. The van der Waals surface area contributed by atoms with E-state index in [-0.39, 0.29) is 64.4 Å². The smallest absolute Gasteiger partial charge is 0.262 e. The second kappa shape index (κ2) is 16.1. The van der Waals surface area contributed by atoms with E-state index in [9.17, 15) is 28.8 Å². The van der Waals surface area contributed by atoms with Crippen LogP contribution >= 0.6 is 0 Å². The highest BCUT2D eigenvalue weighted by atomic mass is 16.5. The number of nitrogens with zero attached hydrogens (tertiary/aromatic N) is 4. The Morgan fingerprint density at radius 3 is 1.12 bits per heavy atom. The van der Waals surface area contributed by atoms with Gasteiger partial charge in [0.1, 0.15) is 12.1 Å². The number of fused-ring (bicyclic) bond motifs is 2. The Kier molecular flexibility index (Phi) is 11.7. The van der Waals surface area contributed by atoms with Crippen molar-refractivity contribution in [2.75, 3.05) is 52.6 Å². The Bertz CT molecular complexity index is 1350. The fourth-order valence-corrected chi connectivity index (χ4v) is 6.49. The quantitative estimate of drug-likeness (QED) is 0.354. The zero-order chi connectivity index (χ0) is 34.2. The second-order valence-corrected chi connectivity index (χ2v) is 12.2. The van der Waals surface area contributed by atoms with Crippen LogP contribution in [0.2, 0.25) is 0 Å². The van der Waals surface area contributed by atoms with Crippen molar-refractivity contribution in [2.24, 2.45) is 0 Å². The van der Waals surface area contributed by atoms with Gasteiger partial charge in [-0.15, -0.1) is 0 Å². The van der Waals surface area contributed by atoms with Crippen molar-refractivity contribution in [3.63, 3.8) is 0 Å². The monoisotopic (exact) mass is 660 g/mol. The van der Waals surface area contributed by atoms with E-state index in [2.05, 4.69) is 0 Å². The van der Waals surface area contributed by atoms with Crippen molar-refractivity contribution in [3.8, 4) is 0 Å². The fraction of sp³-hybridized carbons (Fsp3) is 0.500. The van der Waals surface area contributed by atoms with Crippen LogP contribution in [0.4, 0.5) is 0 Å². The van der Waals surface area contributed by atoms with Crippen LogP contribution in [0.5, 0.6) is 0 Å². The summed E-state index contributed by atoms with van der Waals surface area (Å²) in [5.41, 5.74) is 1.21. The minimum atomic E-state index is -0.944. The van der Waals surface area contributed by atoms with E-state index < -0.39 is 35.7 Å². The van der Waals surface area contributed by atoms with Gasteiger partial charge < -0.3 is 19.3 Å². The van der Waals surface area contributed by atoms with Gasteiger partial charge >= 0.3 is 0 Å². The van der Waals surface area contributed by atoms with Gasteiger partial charge in [-0.2, -0.15) is 0 Å². The number of hydrogen-bond acceptors (Lipinski definition) is 8.